The maximum absolute atomic E-state index is 7.50. The van der Waals surface area contributed by atoms with E-state index in [1.807, 2.05) is 35.3 Å². The van der Waals surface area contributed by atoms with E-state index in [4.69, 9.17) is 14.0 Å². The number of thioether (sulfide) groups is 3. The summed E-state index contributed by atoms with van der Waals surface area (Å²) in [5, 5.41) is 0. The predicted octanol–water partition coefficient (Wildman–Crippen LogP) is 4.82. The van der Waals surface area contributed by atoms with Gasteiger partial charge in [-0.3, -0.25) is 0 Å². The van der Waals surface area contributed by atoms with Crippen LogP contribution in [0, 0.1) is 20.0 Å². The van der Waals surface area contributed by atoms with Crippen molar-refractivity contribution in [3.63, 3.8) is 0 Å². The zero-order valence-corrected chi connectivity index (χ0v) is 25.2. The van der Waals surface area contributed by atoms with Gasteiger partial charge in [0.1, 0.15) is 0 Å². The monoisotopic (exact) mass is 583 g/mol. The molecule has 0 aromatic heterocycles. The van der Waals surface area contributed by atoms with E-state index in [2.05, 4.69) is 96.7 Å². The maximum Gasteiger partial charge on any atom is 0 e. The van der Waals surface area contributed by atoms with Gasteiger partial charge in [-0.1, -0.05) is 30.3 Å². The number of quaternary nitrogens is 1. The molecule has 0 radical (unpaired) electrons. The zero-order chi connectivity index (χ0) is 25.2. The SMILES string of the molecule is CC[N+](CC)(CC)CC.CSC[B-](CSC)(CSC)c1ccccc1.[C-]#[O+].[C-]#[O+].[C-]#[O+].[Mo]. The van der Waals surface area contributed by atoms with Gasteiger partial charge in [0, 0.05) is 21.1 Å². The summed E-state index contributed by atoms with van der Waals surface area (Å²) in [6.45, 7) is 27.7. The molecular weight excluding hydrogens is 541 g/mol. The fourth-order valence-electron chi connectivity index (χ4n) is 3.59. The number of hydrogen-bond acceptors (Lipinski definition) is 3. The molecular formula is C23H40BMoNO3S3. The van der Waals surface area contributed by atoms with Crippen LogP contribution in [0.2, 0.25) is 0 Å². The Morgan fingerprint density at radius 1 is 0.656 bits per heavy atom. The Balaban J connectivity index is -0.000000130. The van der Waals surface area contributed by atoms with Crippen LogP contribution in [-0.2, 0) is 35.0 Å². The van der Waals surface area contributed by atoms with Gasteiger partial charge in [-0.05, 0) is 46.5 Å². The van der Waals surface area contributed by atoms with Crippen molar-refractivity contribution >= 4 is 46.9 Å². The molecule has 0 bridgehead atoms. The molecule has 0 aliphatic carbocycles. The molecule has 0 saturated carbocycles. The summed E-state index contributed by atoms with van der Waals surface area (Å²) in [6, 6.07) is 11.1. The van der Waals surface area contributed by atoms with Gasteiger partial charge in [0.05, 0.1) is 32.3 Å². The fraction of sp³-hybridized carbons (Fsp3) is 0.609. The van der Waals surface area contributed by atoms with Crippen molar-refractivity contribution in [1.82, 2.24) is 0 Å². The first kappa shape index (κ1) is 42.4. The van der Waals surface area contributed by atoms with Gasteiger partial charge in [0.2, 0.25) is 0 Å². The second-order valence-electron chi connectivity index (χ2n) is 6.86. The molecule has 0 heterocycles. The summed E-state index contributed by atoms with van der Waals surface area (Å²) in [4.78, 5) is 0. The van der Waals surface area contributed by atoms with Gasteiger partial charge in [-0.15, -0.1) is 17.0 Å². The number of hydrogen-bond donors (Lipinski definition) is 0. The van der Waals surface area contributed by atoms with Gasteiger partial charge < -0.3 is 4.48 Å². The summed E-state index contributed by atoms with van der Waals surface area (Å²) < 4.78 is 23.8. The minimum atomic E-state index is -0.394. The Morgan fingerprint density at radius 2 is 0.938 bits per heavy atom. The first-order valence-electron chi connectivity index (χ1n) is 10.2. The first-order chi connectivity index (χ1) is 15.0. The third kappa shape index (κ3) is 17.6. The van der Waals surface area contributed by atoms with Crippen molar-refractivity contribution in [2.24, 2.45) is 0 Å². The molecule has 9 heteroatoms. The van der Waals surface area contributed by atoms with Crippen LogP contribution < -0.4 is 5.46 Å². The van der Waals surface area contributed by atoms with E-state index >= 15 is 0 Å². The molecule has 0 amide bonds. The van der Waals surface area contributed by atoms with Crippen molar-refractivity contribution in [2.45, 2.75) is 27.7 Å². The first-order valence-corrected chi connectivity index (χ1v) is 14.4. The van der Waals surface area contributed by atoms with Crippen molar-refractivity contribution < 1.29 is 39.5 Å². The third-order valence-electron chi connectivity index (χ3n) is 5.65. The van der Waals surface area contributed by atoms with Crippen molar-refractivity contribution in [3.8, 4) is 0 Å². The van der Waals surface area contributed by atoms with Gasteiger partial charge in [-0.25, -0.2) is 40.7 Å². The molecule has 0 spiro atoms. The second-order valence-corrected chi connectivity index (χ2v) is 9.59. The van der Waals surface area contributed by atoms with Crippen LogP contribution in [0.5, 0.6) is 0 Å². The van der Waals surface area contributed by atoms with Gasteiger partial charge >= 0.3 is 33.9 Å². The second kappa shape index (κ2) is 31.2. The molecule has 4 nitrogen and oxygen atoms in total. The van der Waals surface area contributed by atoms with Gasteiger partial charge in [0.15, 0.2) is 0 Å². The molecule has 0 aliphatic rings. The topological polar surface area (TPSA) is 59.7 Å². The molecule has 182 valence electrons. The normalized spacial score (nSPS) is 9.41. The minimum absolute atomic E-state index is 0. The summed E-state index contributed by atoms with van der Waals surface area (Å²) in [7, 11) is 0. The average molecular weight is 582 g/mol. The molecule has 32 heavy (non-hydrogen) atoms. The Labute approximate surface area is 225 Å². The van der Waals surface area contributed by atoms with Crippen molar-refractivity contribution in [1.29, 1.82) is 0 Å². The molecule has 1 rings (SSSR count). The summed E-state index contributed by atoms with van der Waals surface area (Å²) >= 11 is 5.95. The van der Waals surface area contributed by atoms with E-state index in [0.717, 1.165) is 0 Å². The molecule has 0 N–H and O–H groups in total. The molecule has 0 aliphatic heterocycles. The van der Waals surface area contributed by atoms with E-state index in [1.165, 1.54) is 47.6 Å². The largest absolute Gasteiger partial charge is 0 e. The van der Waals surface area contributed by atoms with Gasteiger partial charge in [0.25, 0.3) is 0 Å². The Hall–Kier alpha value is 0.203. The standard InChI is InChI=1S/C12H20BS3.C8H20N.3CO.Mo/c1-14-9-13(10-15-2,11-16-3)12-7-5-4-6-8-12;1-5-9(6-2,7-3)8-4;3*1-2;/h4-8H,9-11H2,1-3H3;5-8H2,1-4H3;;;;/q-1;+1;;;;. The van der Waals surface area contributed by atoms with Gasteiger partial charge in [-0.2, -0.15) is 0 Å². The molecule has 0 fully saturated rings. The quantitative estimate of drug-likeness (QED) is 0.163. The van der Waals surface area contributed by atoms with E-state index in [-0.39, 0.29) is 21.1 Å². The van der Waals surface area contributed by atoms with Crippen LogP contribution in [0.4, 0.5) is 0 Å². The Morgan fingerprint density at radius 3 is 1.12 bits per heavy atom. The smallest absolute Gasteiger partial charge is 0 e. The number of benzene rings is 1. The third-order valence-corrected chi connectivity index (χ3v) is 8.56. The van der Waals surface area contributed by atoms with Crippen molar-refractivity contribution in [3.05, 3.63) is 50.3 Å². The maximum atomic E-state index is 7.50. The van der Waals surface area contributed by atoms with E-state index in [9.17, 15) is 0 Å². The van der Waals surface area contributed by atoms with Crippen LogP contribution in [0.15, 0.2) is 30.3 Å². The van der Waals surface area contributed by atoms with E-state index in [0.29, 0.717) is 0 Å². The van der Waals surface area contributed by atoms with Crippen molar-refractivity contribution in [2.75, 3.05) is 61.9 Å². The number of nitrogens with zero attached hydrogens (tertiary/aromatic N) is 1. The Bertz CT molecular complexity index is 508. The Kier molecular flexibility index (Phi) is 41.3. The van der Waals surface area contributed by atoms with E-state index < -0.39 is 6.15 Å². The van der Waals surface area contributed by atoms with Crippen LogP contribution in [0.3, 0.4) is 0 Å². The van der Waals surface area contributed by atoms with Crippen LogP contribution >= 0.6 is 35.3 Å². The van der Waals surface area contributed by atoms with Crippen LogP contribution in [0.25, 0.3) is 0 Å². The molecule has 0 unspecified atom stereocenters. The predicted molar refractivity (Wildman–Crippen MR) is 141 cm³/mol. The molecule has 1 aromatic rings. The van der Waals surface area contributed by atoms with Crippen LogP contribution in [0.1, 0.15) is 27.7 Å². The average Bonchev–Trinajstić information content (AvgIpc) is 2.86. The minimum Gasteiger partial charge on any atom is 0 e. The molecule has 0 saturated heterocycles. The van der Waals surface area contributed by atoms with Crippen LogP contribution in [-0.4, -0.2) is 72.5 Å². The molecule has 1 aromatic carbocycles. The zero-order valence-electron chi connectivity index (χ0n) is 20.7. The summed E-state index contributed by atoms with van der Waals surface area (Å²) in [5.74, 6) is 0. The number of rotatable bonds is 11. The molecule has 0 atom stereocenters. The summed E-state index contributed by atoms with van der Waals surface area (Å²) in [5.41, 5.74) is 5.36. The fourth-order valence-corrected chi connectivity index (χ4v) is 7.24. The summed E-state index contributed by atoms with van der Waals surface area (Å²) in [6.07, 6.45) is 6.27. The van der Waals surface area contributed by atoms with E-state index in [1.54, 1.807) is 5.46 Å².